The first-order valence-electron chi connectivity index (χ1n) is 6.67. The van der Waals surface area contributed by atoms with Crippen LogP contribution in [-0.2, 0) is 9.59 Å². The molecule has 122 valence electrons. The highest BCUT2D eigenvalue weighted by atomic mass is 33.1. The van der Waals surface area contributed by atoms with Gasteiger partial charge in [-0.25, -0.2) is 30.0 Å². The Morgan fingerprint density at radius 2 is 1.42 bits per heavy atom. The molecule has 0 fully saturated rings. The van der Waals surface area contributed by atoms with Crippen molar-refractivity contribution in [3.05, 3.63) is 0 Å². The van der Waals surface area contributed by atoms with E-state index in [1.807, 2.05) is 0 Å². The summed E-state index contributed by atoms with van der Waals surface area (Å²) in [6.07, 6.45) is -1.31. The summed E-state index contributed by atoms with van der Waals surface area (Å²) in [4.78, 5) is 48.5. The molecule has 4 aliphatic rings. The second-order valence-electron chi connectivity index (χ2n) is 4.87. The third-order valence-electron chi connectivity index (χ3n) is 3.16. The van der Waals surface area contributed by atoms with Gasteiger partial charge in [-0.2, -0.15) is 0 Å². The van der Waals surface area contributed by atoms with Gasteiger partial charge in [0, 0.05) is 0 Å². The summed E-state index contributed by atoms with van der Waals surface area (Å²) >= 11 is 0. The summed E-state index contributed by atoms with van der Waals surface area (Å²) in [5, 5.41) is 5.71. The zero-order chi connectivity index (χ0) is 16.8. The number of carbonyl (C=O) groups excluding carboxylic acids is 2. The Morgan fingerprint density at radius 1 is 0.875 bits per heavy atom. The Hall–Kier alpha value is -2.54. The monoisotopic (exact) mass is 363 g/mol. The van der Waals surface area contributed by atoms with Crippen LogP contribution in [0.5, 0.6) is 0 Å². The molecular formula is C11H9N9O2S2. The molecule has 2 atom stereocenters. The predicted octanol–water partition coefficient (Wildman–Crippen LogP) is -1.37. The minimum absolute atomic E-state index is 0.0153. The number of hydrogen-bond acceptors (Lipinski definition) is 11. The van der Waals surface area contributed by atoms with E-state index in [1.165, 1.54) is 21.6 Å². The van der Waals surface area contributed by atoms with Gasteiger partial charge in [-0.05, 0) is 28.5 Å². The molecule has 4 N–H and O–H groups in total. The van der Waals surface area contributed by atoms with E-state index < -0.39 is 18.2 Å². The minimum Gasteiger partial charge on any atom is -0.370 e. The third-order valence-corrected chi connectivity index (χ3v) is 5.08. The van der Waals surface area contributed by atoms with Gasteiger partial charge >= 0.3 is 0 Å². The number of hydrogen-bond donors (Lipinski definition) is 3. The molecule has 2 amide bonds. The van der Waals surface area contributed by atoms with E-state index in [1.54, 1.807) is 6.92 Å². The Balaban J connectivity index is 1.46. The molecule has 0 aromatic carbocycles. The van der Waals surface area contributed by atoms with Crippen LogP contribution in [-0.4, -0.2) is 57.7 Å². The van der Waals surface area contributed by atoms with E-state index in [-0.39, 0.29) is 23.3 Å². The van der Waals surface area contributed by atoms with Crippen LogP contribution in [0.4, 0.5) is 0 Å². The lowest BCUT2D eigenvalue weighted by Gasteiger charge is -2.13. The zero-order valence-corrected chi connectivity index (χ0v) is 13.7. The van der Waals surface area contributed by atoms with Crippen LogP contribution in [0.3, 0.4) is 0 Å². The van der Waals surface area contributed by atoms with Crippen LogP contribution >= 0.6 is 21.6 Å². The molecule has 4 aliphatic heterocycles. The van der Waals surface area contributed by atoms with Crippen molar-refractivity contribution < 1.29 is 9.59 Å². The van der Waals surface area contributed by atoms with E-state index in [2.05, 4.69) is 40.6 Å². The predicted molar refractivity (Wildman–Crippen MR) is 93.5 cm³/mol. The van der Waals surface area contributed by atoms with Crippen molar-refractivity contribution in [2.45, 2.75) is 19.3 Å². The van der Waals surface area contributed by atoms with Crippen molar-refractivity contribution in [2.75, 3.05) is 0 Å². The number of guanidine groups is 1. The molecule has 0 bridgehead atoms. The van der Waals surface area contributed by atoms with Crippen molar-refractivity contribution >= 4 is 67.0 Å². The lowest BCUT2D eigenvalue weighted by molar-refractivity contribution is -0.114. The number of nitrogens with zero attached hydrogens (tertiary/aromatic N) is 6. The van der Waals surface area contributed by atoms with Gasteiger partial charge < -0.3 is 11.1 Å². The largest absolute Gasteiger partial charge is 0.370 e. The van der Waals surface area contributed by atoms with E-state index >= 15 is 0 Å². The molecule has 0 aromatic rings. The number of carbonyl (C=O) groups is 2. The summed E-state index contributed by atoms with van der Waals surface area (Å²) in [5.74, 6) is -0.198. The quantitative estimate of drug-likeness (QED) is 0.452. The topological polar surface area (TPSA) is 158 Å². The first-order chi connectivity index (χ1) is 11.5. The average Bonchev–Trinajstić information content (AvgIpc) is 3.08. The Kier molecular flexibility index (Phi) is 3.45. The molecule has 4 rings (SSSR count). The van der Waals surface area contributed by atoms with Crippen LogP contribution in [0.2, 0.25) is 0 Å². The Labute approximate surface area is 142 Å². The highest BCUT2D eigenvalue weighted by Gasteiger charge is 2.34. The van der Waals surface area contributed by atoms with E-state index in [4.69, 9.17) is 5.73 Å². The van der Waals surface area contributed by atoms with E-state index in [0.717, 1.165) is 0 Å². The van der Waals surface area contributed by atoms with Gasteiger partial charge in [-0.15, -0.1) is 0 Å². The summed E-state index contributed by atoms with van der Waals surface area (Å²) in [6, 6.07) is 0. The molecule has 24 heavy (non-hydrogen) atoms. The lowest BCUT2D eigenvalue weighted by atomic mass is 10.2. The van der Waals surface area contributed by atoms with Gasteiger partial charge in [-0.1, -0.05) is 0 Å². The van der Waals surface area contributed by atoms with Gasteiger partial charge in [0.05, 0.1) is 0 Å². The van der Waals surface area contributed by atoms with E-state index in [0.29, 0.717) is 16.2 Å². The molecule has 0 spiro atoms. The maximum Gasteiger partial charge on any atom is 0.276 e. The number of fused-ring (bicyclic) bond motifs is 2. The molecule has 0 saturated carbocycles. The first kappa shape index (κ1) is 15.0. The normalized spacial score (nSPS) is 27.7. The highest BCUT2D eigenvalue weighted by molar-refractivity contribution is 8.87. The summed E-state index contributed by atoms with van der Waals surface area (Å²) in [6.45, 7) is 1.69. The summed E-state index contributed by atoms with van der Waals surface area (Å²) < 4.78 is 0. The third kappa shape index (κ3) is 2.60. The summed E-state index contributed by atoms with van der Waals surface area (Å²) in [7, 11) is 2.35. The van der Waals surface area contributed by atoms with Crippen molar-refractivity contribution in [3.63, 3.8) is 0 Å². The number of aliphatic imine (C=N–C) groups is 6. The maximum atomic E-state index is 11.8. The number of amidine groups is 3. The minimum atomic E-state index is -0.709. The molecule has 0 radical (unpaired) electrons. The van der Waals surface area contributed by atoms with Crippen molar-refractivity contribution in [1.82, 2.24) is 10.6 Å². The Morgan fingerprint density at radius 3 is 2.04 bits per heavy atom. The molecule has 4 heterocycles. The first-order valence-corrected chi connectivity index (χ1v) is 8.82. The van der Waals surface area contributed by atoms with Crippen LogP contribution < -0.4 is 16.4 Å². The van der Waals surface area contributed by atoms with Gasteiger partial charge in [0.2, 0.25) is 0 Å². The lowest BCUT2D eigenvalue weighted by Crippen LogP contribution is -2.48. The van der Waals surface area contributed by atoms with Crippen LogP contribution in [0.1, 0.15) is 6.92 Å². The van der Waals surface area contributed by atoms with Crippen LogP contribution in [0, 0.1) is 0 Å². The highest BCUT2D eigenvalue weighted by Crippen LogP contribution is 2.32. The van der Waals surface area contributed by atoms with E-state index in [9.17, 15) is 9.59 Å². The second kappa shape index (κ2) is 5.52. The van der Waals surface area contributed by atoms with Gasteiger partial charge in [-0.3, -0.25) is 14.9 Å². The molecule has 13 heteroatoms. The smallest absolute Gasteiger partial charge is 0.276 e. The van der Waals surface area contributed by atoms with Crippen LogP contribution in [0.25, 0.3) is 0 Å². The van der Waals surface area contributed by atoms with Crippen molar-refractivity contribution in [1.29, 1.82) is 0 Å². The van der Waals surface area contributed by atoms with Gasteiger partial charge in [0.15, 0.2) is 40.0 Å². The van der Waals surface area contributed by atoms with Crippen molar-refractivity contribution in [2.24, 2.45) is 35.7 Å². The number of amides is 2. The fourth-order valence-electron chi connectivity index (χ4n) is 2.17. The number of rotatable bonds is 0. The second-order valence-corrected chi connectivity index (χ2v) is 6.93. The van der Waals surface area contributed by atoms with Crippen LogP contribution in [0.15, 0.2) is 30.0 Å². The SMILES string of the molecule is CC1=NC2N=C(SSC3=NC4N=C(N)NC(=O)C4=N3)N=C2C(=O)N1. The van der Waals surface area contributed by atoms with Gasteiger partial charge in [0.1, 0.15) is 5.84 Å². The molecule has 2 unspecified atom stereocenters. The zero-order valence-electron chi connectivity index (χ0n) is 12.0. The molecule has 11 nitrogen and oxygen atoms in total. The number of nitrogens with one attached hydrogen (secondary N) is 2. The average molecular weight is 363 g/mol. The molecule has 0 aliphatic carbocycles. The molecule has 0 aromatic heterocycles. The Bertz CT molecular complexity index is 784. The molecular weight excluding hydrogens is 354 g/mol. The molecule has 0 saturated heterocycles. The van der Waals surface area contributed by atoms with Crippen molar-refractivity contribution in [3.8, 4) is 0 Å². The van der Waals surface area contributed by atoms with Gasteiger partial charge in [0.25, 0.3) is 11.8 Å². The fraction of sp³-hybridized carbons (Fsp3) is 0.273. The number of nitrogens with two attached hydrogens (primary N) is 1. The standard InChI is InChI=1S/C11H9N9O2S2/c1-2-13-5-3(7(21)14-2)15-10(18-5)23-24-11-16-4-6(19-11)17-9(12)20-8(4)22/h5-6H,1H3,(H,13,14,21)(H3,12,17,20,22). The maximum absolute atomic E-state index is 11.8. The fourth-order valence-corrected chi connectivity index (χ4v) is 3.81. The summed E-state index contributed by atoms with van der Waals surface area (Å²) in [5.41, 5.74) is 5.94.